The van der Waals surface area contributed by atoms with Crippen LogP contribution in [0.5, 0.6) is 0 Å². The first-order valence-electron chi connectivity index (χ1n) is 12.8. The van der Waals surface area contributed by atoms with E-state index in [2.05, 4.69) is 0 Å². The van der Waals surface area contributed by atoms with Gasteiger partial charge in [-0.2, -0.15) is 0 Å². The van der Waals surface area contributed by atoms with E-state index in [1.807, 2.05) is 0 Å². The van der Waals surface area contributed by atoms with E-state index in [0.29, 0.717) is 0 Å². The van der Waals surface area contributed by atoms with E-state index in [-0.39, 0.29) is 0 Å². The van der Waals surface area contributed by atoms with Gasteiger partial charge in [-0.15, -0.1) is 0 Å². The third kappa shape index (κ3) is 3.92. The van der Waals surface area contributed by atoms with Crippen LogP contribution in [0.25, 0.3) is 0 Å². The molecule has 0 spiro atoms. The third-order valence-corrected chi connectivity index (χ3v) is 2.34. The van der Waals surface area contributed by atoms with Gasteiger partial charge in [0.1, 0.15) is 6.10 Å². The molecule has 2 aromatic rings. The Kier molecular flexibility index (Phi) is 1.80. The molecule has 0 amide bonds. The van der Waals surface area contributed by atoms with Crippen molar-refractivity contribution in [1.29, 1.82) is 0 Å². The highest BCUT2D eigenvalue weighted by Crippen LogP contribution is 2.28. The first-order chi connectivity index (χ1) is 15.3. The minimum Gasteiger partial charge on any atom is -0.367 e. The van der Waals surface area contributed by atoms with Gasteiger partial charge in [0.2, 0.25) is 0 Å². The molecule has 2 nitrogen and oxygen atoms in total. The van der Waals surface area contributed by atoms with Gasteiger partial charge < -0.3 is 9.64 Å². The van der Waals surface area contributed by atoms with Crippen LogP contribution < -0.4 is 0 Å². The van der Waals surface area contributed by atoms with Crippen molar-refractivity contribution in [3.63, 3.8) is 0 Å². The Bertz CT molecular complexity index is 1080. The van der Waals surface area contributed by atoms with E-state index in [1.54, 1.807) is 0 Å². The second-order valence-electron chi connectivity index (χ2n) is 4.21. The summed E-state index contributed by atoms with van der Waals surface area (Å²) in [5, 5.41) is 0. The van der Waals surface area contributed by atoms with Gasteiger partial charge in [-0.1, -0.05) is 54.4 Å². The van der Waals surface area contributed by atoms with Gasteiger partial charge in [0.05, 0.1) is 21.6 Å². The smallest absolute Gasteiger partial charge is 0.108 e. The zero-order chi connectivity index (χ0) is 26.5. The van der Waals surface area contributed by atoms with Crippen LogP contribution in [0.3, 0.4) is 0 Å². The standard InChI is InChI=1S/C18H23NO/c1-15-9-7-8-12-17(15)18(20-14-13-19(2)3)16-10-5-4-6-11-16/h4-12,18H,13-14H2,1-3H3/i1D3,4D,5D,6D,7D,8D,9D,10D,11D,12D,14D2. The molecule has 2 rings (SSSR count). The number of nitrogens with zero attached hydrogens (tertiary/aromatic N) is 1. The molecule has 0 N–H and O–H groups in total. The van der Waals surface area contributed by atoms with Gasteiger partial charge in [0.15, 0.2) is 0 Å². The average Bonchev–Trinajstić information content (AvgIpc) is 2.69. The van der Waals surface area contributed by atoms with Crippen molar-refractivity contribution in [3.8, 4) is 0 Å². The summed E-state index contributed by atoms with van der Waals surface area (Å²) in [5.41, 5.74) is -2.27. The largest absolute Gasteiger partial charge is 0.367 e. The Labute approximate surface area is 141 Å². The molecule has 0 heterocycles. The maximum absolute atomic E-state index is 8.37. The molecule has 2 aromatic carbocycles. The summed E-state index contributed by atoms with van der Waals surface area (Å²) in [6.07, 6.45) is -2.07. The van der Waals surface area contributed by atoms with Crippen molar-refractivity contribution in [1.82, 2.24) is 4.90 Å². The van der Waals surface area contributed by atoms with Crippen molar-refractivity contribution in [2.75, 3.05) is 27.2 Å². The average molecular weight is 283 g/mol. The van der Waals surface area contributed by atoms with Crippen LogP contribution in [0.4, 0.5) is 0 Å². The summed E-state index contributed by atoms with van der Waals surface area (Å²) < 4.78 is 118. The number of benzene rings is 2. The molecule has 0 aromatic heterocycles. The van der Waals surface area contributed by atoms with Gasteiger partial charge in [-0.05, 0) is 37.6 Å². The molecule has 0 aliphatic carbocycles. The number of likely N-dealkylation sites (N-methyl/N-ethyl adjacent to an activating group) is 1. The summed E-state index contributed by atoms with van der Waals surface area (Å²) in [4.78, 5) is 1.39. The molecule has 0 aliphatic rings. The molecule has 106 valence electrons. The fourth-order valence-corrected chi connectivity index (χ4v) is 1.42. The van der Waals surface area contributed by atoms with E-state index in [4.69, 9.17) is 23.9 Å². The van der Waals surface area contributed by atoms with Crippen molar-refractivity contribution >= 4 is 0 Å². The van der Waals surface area contributed by atoms with Crippen molar-refractivity contribution < 1.29 is 23.9 Å². The molecule has 0 saturated carbocycles. The topological polar surface area (TPSA) is 12.5 Å². The molecular formula is C18H23NO. The van der Waals surface area contributed by atoms with E-state index >= 15 is 0 Å². The maximum Gasteiger partial charge on any atom is 0.108 e. The summed E-state index contributed by atoms with van der Waals surface area (Å²) >= 11 is 0. The zero-order valence-electron chi connectivity index (χ0n) is 25.1. The van der Waals surface area contributed by atoms with Crippen LogP contribution in [0, 0.1) is 6.85 Å². The lowest BCUT2D eigenvalue weighted by Crippen LogP contribution is -2.20. The Morgan fingerprint density at radius 1 is 1.15 bits per heavy atom. The lowest BCUT2D eigenvalue weighted by Gasteiger charge is -2.22. The van der Waals surface area contributed by atoms with Crippen LogP contribution in [0.1, 0.15) is 42.0 Å². The second-order valence-corrected chi connectivity index (χ2v) is 4.21. The lowest BCUT2D eigenvalue weighted by molar-refractivity contribution is 0.0683. The van der Waals surface area contributed by atoms with E-state index in [1.165, 1.54) is 19.0 Å². The molecule has 0 bridgehead atoms. The molecular weight excluding hydrogens is 246 g/mol. The fourth-order valence-electron chi connectivity index (χ4n) is 1.42. The van der Waals surface area contributed by atoms with Crippen LogP contribution in [-0.2, 0) is 4.74 Å². The van der Waals surface area contributed by atoms with Crippen LogP contribution in [-0.4, -0.2) is 32.1 Å². The number of hydrogen-bond acceptors (Lipinski definition) is 2. The number of rotatable bonds is 6. The first-order valence-corrected chi connectivity index (χ1v) is 5.83. The van der Waals surface area contributed by atoms with Gasteiger partial charge in [-0.3, -0.25) is 0 Å². The Morgan fingerprint density at radius 2 is 1.85 bits per heavy atom. The summed E-state index contributed by atoms with van der Waals surface area (Å²) in [6.45, 7) is -6.11. The third-order valence-electron chi connectivity index (χ3n) is 2.34. The minimum absolute atomic E-state index is 0.392. The Hall–Kier alpha value is -1.64. The molecule has 20 heavy (non-hydrogen) atoms. The molecule has 1 atom stereocenters. The van der Waals surface area contributed by atoms with Crippen molar-refractivity contribution in [2.45, 2.75) is 13.0 Å². The highest BCUT2D eigenvalue weighted by Gasteiger charge is 2.16. The number of ether oxygens (including phenoxy) is 1. The van der Waals surface area contributed by atoms with Gasteiger partial charge in [0, 0.05) is 10.7 Å². The highest BCUT2D eigenvalue weighted by atomic mass is 16.5. The molecule has 0 fully saturated rings. The van der Waals surface area contributed by atoms with Gasteiger partial charge >= 0.3 is 0 Å². The van der Waals surface area contributed by atoms with E-state index < -0.39 is 97.1 Å². The maximum atomic E-state index is 8.37. The van der Waals surface area contributed by atoms with E-state index in [9.17, 15) is 0 Å². The molecule has 0 aliphatic heterocycles. The molecule has 0 radical (unpaired) electrons. The Balaban J connectivity index is 3.09. The summed E-state index contributed by atoms with van der Waals surface area (Å²) in [7, 11) is 3.03. The predicted molar refractivity (Wildman–Crippen MR) is 84.0 cm³/mol. The van der Waals surface area contributed by atoms with E-state index in [0.717, 1.165) is 0 Å². The zero-order valence-corrected chi connectivity index (χ0v) is 11.1. The molecule has 1 unspecified atom stereocenters. The van der Waals surface area contributed by atoms with Crippen LogP contribution in [0.2, 0.25) is 0 Å². The summed E-state index contributed by atoms with van der Waals surface area (Å²) in [5.74, 6) is 0. The number of hydrogen-bond donors (Lipinski definition) is 0. The van der Waals surface area contributed by atoms with Gasteiger partial charge in [-0.25, -0.2) is 0 Å². The highest BCUT2D eigenvalue weighted by molar-refractivity contribution is 5.35. The predicted octanol–water partition coefficient (Wildman–Crippen LogP) is 3.66. The van der Waals surface area contributed by atoms with Crippen molar-refractivity contribution in [3.05, 3.63) is 71.1 Å². The lowest BCUT2D eigenvalue weighted by atomic mass is 9.97. The fraction of sp³-hybridized carbons (Fsp3) is 0.333. The van der Waals surface area contributed by atoms with Crippen LogP contribution in [0.15, 0.2) is 54.4 Å². The first kappa shape index (κ1) is 4.97. The molecule has 2 heteroatoms. The second kappa shape index (κ2) is 7.22. The van der Waals surface area contributed by atoms with Gasteiger partial charge in [0.25, 0.3) is 0 Å². The van der Waals surface area contributed by atoms with Crippen molar-refractivity contribution in [2.24, 2.45) is 0 Å². The SMILES string of the molecule is [2H]c1c([2H])c([2H])c(C(OC([2H])([2H])CN(C)C)c2c([2H])c([2H])c([2H])c([2H])c2C([2H])([2H])[2H])c([2H])c1[2H]. The summed E-state index contributed by atoms with van der Waals surface area (Å²) in [6, 6.07) is -7.49. The minimum atomic E-state index is -3.13. The monoisotopic (exact) mass is 283 g/mol. The molecule has 0 saturated heterocycles. The Morgan fingerprint density at radius 3 is 2.55 bits per heavy atom. The quantitative estimate of drug-likeness (QED) is 0.802. The van der Waals surface area contributed by atoms with Crippen LogP contribution >= 0.6 is 0 Å². The normalized spacial score (nSPS) is 23.9.